The first-order chi connectivity index (χ1) is 8.91. The van der Waals surface area contributed by atoms with E-state index in [0.717, 1.165) is 36.9 Å². The SMILES string of the molecule is C[C@@H](N)c1ccc(N(C)CC2(O)CCCC2)c(Cl)c1. The van der Waals surface area contributed by atoms with Gasteiger partial charge in [0, 0.05) is 19.6 Å². The van der Waals surface area contributed by atoms with E-state index in [1.165, 1.54) is 0 Å². The van der Waals surface area contributed by atoms with Gasteiger partial charge in [-0.1, -0.05) is 30.5 Å². The lowest BCUT2D eigenvalue weighted by Gasteiger charge is -2.30. The molecule has 1 atom stereocenters. The molecule has 1 aliphatic rings. The van der Waals surface area contributed by atoms with Crippen molar-refractivity contribution in [2.24, 2.45) is 5.73 Å². The molecule has 0 spiro atoms. The highest BCUT2D eigenvalue weighted by atomic mass is 35.5. The molecule has 0 radical (unpaired) electrons. The number of aliphatic hydroxyl groups is 1. The highest BCUT2D eigenvalue weighted by Gasteiger charge is 2.32. The largest absolute Gasteiger partial charge is 0.388 e. The Morgan fingerprint density at radius 2 is 2.05 bits per heavy atom. The molecule has 1 aliphatic carbocycles. The zero-order valence-electron chi connectivity index (χ0n) is 11.7. The molecule has 4 heteroatoms. The number of halogens is 1. The van der Waals surface area contributed by atoms with Crippen LogP contribution in [0.4, 0.5) is 5.69 Å². The topological polar surface area (TPSA) is 49.5 Å². The number of nitrogens with two attached hydrogens (primary N) is 1. The number of rotatable bonds is 4. The monoisotopic (exact) mass is 282 g/mol. The van der Waals surface area contributed by atoms with E-state index in [2.05, 4.69) is 0 Å². The van der Waals surface area contributed by atoms with Gasteiger partial charge in [0.2, 0.25) is 0 Å². The summed E-state index contributed by atoms with van der Waals surface area (Å²) in [5.74, 6) is 0. The molecule has 0 amide bonds. The van der Waals surface area contributed by atoms with Crippen molar-refractivity contribution < 1.29 is 5.11 Å². The summed E-state index contributed by atoms with van der Waals surface area (Å²) >= 11 is 6.32. The normalized spacial score (nSPS) is 19.4. The zero-order valence-corrected chi connectivity index (χ0v) is 12.5. The van der Waals surface area contributed by atoms with Crippen LogP contribution in [0.2, 0.25) is 5.02 Å². The van der Waals surface area contributed by atoms with Crippen LogP contribution in [0, 0.1) is 0 Å². The summed E-state index contributed by atoms with van der Waals surface area (Å²) in [6.07, 6.45) is 3.99. The maximum atomic E-state index is 10.5. The summed E-state index contributed by atoms with van der Waals surface area (Å²) in [5, 5.41) is 11.1. The lowest BCUT2D eigenvalue weighted by Crippen LogP contribution is -2.39. The van der Waals surface area contributed by atoms with Gasteiger partial charge in [0.05, 0.1) is 16.3 Å². The van der Waals surface area contributed by atoms with E-state index in [-0.39, 0.29) is 6.04 Å². The van der Waals surface area contributed by atoms with Gasteiger partial charge in [-0.15, -0.1) is 0 Å². The first-order valence-electron chi connectivity index (χ1n) is 6.90. The van der Waals surface area contributed by atoms with E-state index in [4.69, 9.17) is 17.3 Å². The van der Waals surface area contributed by atoms with Crippen molar-refractivity contribution in [2.75, 3.05) is 18.5 Å². The summed E-state index contributed by atoms with van der Waals surface area (Å²) in [6, 6.07) is 5.88. The van der Waals surface area contributed by atoms with Gasteiger partial charge in [-0.2, -0.15) is 0 Å². The molecule has 1 saturated carbocycles. The fourth-order valence-corrected chi connectivity index (χ4v) is 3.17. The molecule has 1 aromatic rings. The van der Waals surface area contributed by atoms with Crippen molar-refractivity contribution in [1.82, 2.24) is 0 Å². The molecule has 1 aromatic carbocycles. The van der Waals surface area contributed by atoms with Gasteiger partial charge in [-0.05, 0) is 37.5 Å². The van der Waals surface area contributed by atoms with Crippen LogP contribution in [0.25, 0.3) is 0 Å². The van der Waals surface area contributed by atoms with Gasteiger partial charge in [0.25, 0.3) is 0 Å². The highest BCUT2D eigenvalue weighted by molar-refractivity contribution is 6.33. The molecule has 3 nitrogen and oxygen atoms in total. The number of likely N-dealkylation sites (N-methyl/N-ethyl adjacent to an activating group) is 1. The minimum atomic E-state index is -0.558. The highest BCUT2D eigenvalue weighted by Crippen LogP contribution is 2.33. The molecule has 19 heavy (non-hydrogen) atoms. The third kappa shape index (κ3) is 3.41. The minimum absolute atomic E-state index is 0.0177. The number of hydrogen-bond acceptors (Lipinski definition) is 3. The smallest absolute Gasteiger partial charge is 0.0821 e. The molecular formula is C15H23ClN2O. The molecule has 3 N–H and O–H groups in total. The lowest BCUT2D eigenvalue weighted by atomic mass is 10.0. The maximum Gasteiger partial charge on any atom is 0.0821 e. The number of anilines is 1. The fraction of sp³-hybridized carbons (Fsp3) is 0.600. The molecule has 0 aromatic heterocycles. The Hall–Kier alpha value is -0.770. The molecule has 0 heterocycles. The Labute approximate surface area is 120 Å². The van der Waals surface area contributed by atoms with E-state index < -0.39 is 5.60 Å². The third-order valence-corrected chi connectivity index (χ3v) is 4.28. The average Bonchev–Trinajstić information content (AvgIpc) is 2.75. The first kappa shape index (κ1) is 14.6. The zero-order chi connectivity index (χ0) is 14.0. The van der Waals surface area contributed by atoms with Crippen LogP contribution in [-0.2, 0) is 0 Å². The number of nitrogens with zero attached hydrogens (tertiary/aromatic N) is 1. The van der Waals surface area contributed by atoms with Crippen LogP contribution in [0.5, 0.6) is 0 Å². The van der Waals surface area contributed by atoms with Crippen molar-refractivity contribution in [3.05, 3.63) is 28.8 Å². The standard InChI is InChI=1S/C15H23ClN2O/c1-11(17)12-5-6-14(13(16)9-12)18(2)10-15(19)7-3-4-8-15/h5-6,9,11,19H,3-4,7-8,10,17H2,1-2H3/t11-/m1/s1. The van der Waals surface area contributed by atoms with Gasteiger partial charge in [0.15, 0.2) is 0 Å². The quantitative estimate of drug-likeness (QED) is 0.892. The minimum Gasteiger partial charge on any atom is -0.388 e. The average molecular weight is 283 g/mol. The van der Waals surface area contributed by atoms with E-state index in [1.54, 1.807) is 0 Å². The molecule has 0 unspecified atom stereocenters. The first-order valence-corrected chi connectivity index (χ1v) is 7.28. The van der Waals surface area contributed by atoms with Crippen molar-refractivity contribution in [3.8, 4) is 0 Å². The van der Waals surface area contributed by atoms with Crippen LogP contribution < -0.4 is 10.6 Å². The summed E-state index contributed by atoms with van der Waals surface area (Å²) in [7, 11) is 1.98. The van der Waals surface area contributed by atoms with Crippen molar-refractivity contribution in [2.45, 2.75) is 44.2 Å². The van der Waals surface area contributed by atoms with E-state index >= 15 is 0 Å². The second kappa shape index (κ2) is 5.70. The molecule has 1 fully saturated rings. The molecule has 2 rings (SSSR count). The van der Waals surface area contributed by atoms with Crippen LogP contribution in [-0.4, -0.2) is 24.3 Å². The number of hydrogen-bond donors (Lipinski definition) is 2. The van der Waals surface area contributed by atoms with Gasteiger partial charge in [0.1, 0.15) is 0 Å². The predicted octanol–water partition coefficient (Wildman–Crippen LogP) is 3.10. The molecule has 0 bridgehead atoms. The Balaban J connectivity index is 2.12. The van der Waals surface area contributed by atoms with E-state index in [0.29, 0.717) is 11.6 Å². The van der Waals surface area contributed by atoms with Gasteiger partial charge in [-0.25, -0.2) is 0 Å². The van der Waals surface area contributed by atoms with Crippen LogP contribution >= 0.6 is 11.6 Å². The van der Waals surface area contributed by atoms with E-state index in [1.807, 2.05) is 37.1 Å². The van der Waals surface area contributed by atoms with Crippen molar-refractivity contribution in [1.29, 1.82) is 0 Å². The Morgan fingerprint density at radius 3 is 2.58 bits per heavy atom. The van der Waals surface area contributed by atoms with Gasteiger partial charge >= 0.3 is 0 Å². The van der Waals surface area contributed by atoms with Crippen molar-refractivity contribution >= 4 is 17.3 Å². The third-order valence-electron chi connectivity index (χ3n) is 3.97. The Morgan fingerprint density at radius 1 is 1.42 bits per heavy atom. The summed E-state index contributed by atoms with van der Waals surface area (Å²) in [4.78, 5) is 2.04. The second-order valence-corrected chi connectivity index (χ2v) is 6.19. The second-order valence-electron chi connectivity index (χ2n) is 5.79. The van der Waals surface area contributed by atoms with Gasteiger partial charge in [-0.3, -0.25) is 0 Å². The molecule has 0 saturated heterocycles. The maximum absolute atomic E-state index is 10.5. The predicted molar refractivity (Wildman–Crippen MR) is 80.7 cm³/mol. The molecule has 0 aliphatic heterocycles. The summed E-state index contributed by atoms with van der Waals surface area (Å²) < 4.78 is 0. The Kier molecular flexibility index (Phi) is 4.39. The van der Waals surface area contributed by atoms with Crippen molar-refractivity contribution in [3.63, 3.8) is 0 Å². The van der Waals surface area contributed by atoms with Crippen LogP contribution in [0.3, 0.4) is 0 Å². The van der Waals surface area contributed by atoms with Gasteiger partial charge < -0.3 is 15.7 Å². The molecule has 106 valence electrons. The Bertz CT molecular complexity index is 442. The summed E-state index contributed by atoms with van der Waals surface area (Å²) in [5.41, 5.74) is 7.27. The molecular weight excluding hydrogens is 260 g/mol. The number of benzene rings is 1. The summed E-state index contributed by atoms with van der Waals surface area (Å²) in [6.45, 7) is 2.57. The van der Waals surface area contributed by atoms with Crippen LogP contribution in [0.15, 0.2) is 18.2 Å². The fourth-order valence-electron chi connectivity index (χ4n) is 2.83. The van der Waals surface area contributed by atoms with E-state index in [9.17, 15) is 5.11 Å². The van der Waals surface area contributed by atoms with Crippen LogP contribution in [0.1, 0.15) is 44.2 Å². The lowest BCUT2D eigenvalue weighted by molar-refractivity contribution is 0.0559.